The fourth-order valence-electron chi connectivity index (χ4n) is 0.779. The van der Waals surface area contributed by atoms with Gasteiger partial charge in [-0.15, -0.1) is 6.58 Å². The predicted molar refractivity (Wildman–Crippen MR) is 45.7 cm³/mol. The molecule has 1 unspecified atom stereocenters. The Bertz CT molecular complexity index is 204. The SMILES string of the molecule is C=CCC(C(=O)O)P(C)(C)=O. The van der Waals surface area contributed by atoms with E-state index in [9.17, 15) is 9.36 Å². The molecule has 0 amide bonds. The number of carbonyl (C=O) groups is 1. The molecule has 0 heterocycles. The first-order valence-corrected chi connectivity index (χ1v) is 5.95. The lowest BCUT2D eigenvalue weighted by atomic mass is 10.3. The van der Waals surface area contributed by atoms with Crippen molar-refractivity contribution in [2.45, 2.75) is 12.1 Å². The van der Waals surface area contributed by atoms with Gasteiger partial charge in [0.2, 0.25) is 0 Å². The van der Waals surface area contributed by atoms with E-state index in [0.717, 1.165) is 0 Å². The number of rotatable bonds is 4. The van der Waals surface area contributed by atoms with Gasteiger partial charge in [0.15, 0.2) is 0 Å². The number of carboxylic acid groups (broad SMARTS) is 1. The molecule has 3 nitrogen and oxygen atoms in total. The maximum absolute atomic E-state index is 11.3. The Balaban J connectivity index is 4.47. The molecular formula is C7H13O3P. The number of aliphatic carboxylic acids is 1. The Kier molecular flexibility index (Phi) is 3.53. The highest BCUT2D eigenvalue weighted by Gasteiger charge is 2.28. The Hall–Kier alpha value is -0.560. The molecule has 0 aromatic carbocycles. The molecule has 0 aliphatic carbocycles. The standard InChI is InChI=1S/C7H13O3P/c1-4-5-6(7(8)9)11(2,3)10/h4,6H,1,5H2,2-3H3,(H,8,9). The van der Waals surface area contributed by atoms with Crippen molar-refractivity contribution in [3.8, 4) is 0 Å². The van der Waals surface area contributed by atoms with E-state index in [1.54, 1.807) is 0 Å². The molecule has 0 rings (SSSR count). The Morgan fingerprint density at radius 2 is 2.18 bits per heavy atom. The van der Waals surface area contributed by atoms with E-state index in [1.807, 2.05) is 0 Å². The van der Waals surface area contributed by atoms with Crippen LogP contribution in [0.5, 0.6) is 0 Å². The molecule has 0 saturated heterocycles. The van der Waals surface area contributed by atoms with Gasteiger partial charge in [-0.2, -0.15) is 0 Å². The van der Waals surface area contributed by atoms with Gasteiger partial charge in [0.25, 0.3) is 0 Å². The van der Waals surface area contributed by atoms with Crippen molar-refractivity contribution >= 4 is 13.1 Å². The summed E-state index contributed by atoms with van der Waals surface area (Å²) in [5, 5.41) is 8.62. The van der Waals surface area contributed by atoms with Crippen LogP contribution in [0.15, 0.2) is 12.7 Å². The van der Waals surface area contributed by atoms with Crippen LogP contribution >= 0.6 is 7.14 Å². The summed E-state index contributed by atoms with van der Waals surface area (Å²) in [6, 6.07) is 0. The summed E-state index contributed by atoms with van der Waals surface area (Å²) in [6.45, 7) is 6.37. The molecule has 0 saturated carbocycles. The number of allylic oxidation sites excluding steroid dienone is 1. The number of carboxylic acids is 1. The zero-order valence-electron chi connectivity index (χ0n) is 6.78. The van der Waals surface area contributed by atoms with E-state index in [2.05, 4.69) is 6.58 Å². The Morgan fingerprint density at radius 3 is 2.27 bits per heavy atom. The summed E-state index contributed by atoms with van der Waals surface area (Å²) >= 11 is 0. The van der Waals surface area contributed by atoms with Gasteiger partial charge >= 0.3 is 5.97 Å². The normalized spacial score (nSPS) is 14.0. The summed E-state index contributed by atoms with van der Waals surface area (Å²) in [5.74, 6) is -1.00. The Labute approximate surface area is 66.5 Å². The highest BCUT2D eigenvalue weighted by molar-refractivity contribution is 7.64. The van der Waals surface area contributed by atoms with E-state index in [-0.39, 0.29) is 6.42 Å². The van der Waals surface area contributed by atoms with Crippen molar-refractivity contribution in [3.63, 3.8) is 0 Å². The minimum absolute atomic E-state index is 0.277. The molecule has 0 bridgehead atoms. The monoisotopic (exact) mass is 176 g/mol. The quantitative estimate of drug-likeness (QED) is 0.523. The minimum Gasteiger partial charge on any atom is -0.481 e. The molecule has 0 aromatic rings. The molecular weight excluding hydrogens is 163 g/mol. The number of hydrogen-bond acceptors (Lipinski definition) is 2. The maximum atomic E-state index is 11.3. The smallest absolute Gasteiger partial charge is 0.314 e. The van der Waals surface area contributed by atoms with Crippen molar-refractivity contribution < 1.29 is 14.5 Å². The summed E-state index contributed by atoms with van der Waals surface area (Å²) in [7, 11) is -2.52. The summed E-state index contributed by atoms with van der Waals surface area (Å²) in [5.41, 5.74) is -0.764. The summed E-state index contributed by atoms with van der Waals surface area (Å²) in [6.07, 6.45) is 1.76. The zero-order chi connectivity index (χ0) is 9.07. The first kappa shape index (κ1) is 10.4. The van der Waals surface area contributed by atoms with Gasteiger partial charge in [-0.05, 0) is 19.8 Å². The molecule has 1 atom stereocenters. The first-order valence-electron chi connectivity index (χ1n) is 3.28. The van der Waals surface area contributed by atoms with Gasteiger partial charge in [0.05, 0.1) is 7.14 Å². The largest absolute Gasteiger partial charge is 0.481 e. The van der Waals surface area contributed by atoms with Gasteiger partial charge < -0.3 is 9.67 Å². The van der Waals surface area contributed by atoms with E-state index >= 15 is 0 Å². The van der Waals surface area contributed by atoms with E-state index in [4.69, 9.17) is 5.11 Å². The molecule has 0 fully saturated rings. The van der Waals surface area contributed by atoms with Crippen molar-refractivity contribution in [3.05, 3.63) is 12.7 Å². The Morgan fingerprint density at radius 1 is 1.73 bits per heavy atom. The van der Waals surface area contributed by atoms with Crippen LogP contribution in [-0.2, 0) is 9.36 Å². The van der Waals surface area contributed by atoms with Crippen LogP contribution in [0.1, 0.15) is 6.42 Å². The second-order valence-electron chi connectivity index (χ2n) is 2.81. The fourth-order valence-corrected chi connectivity index (χ4v) is 1.97. The van der Waals surface area contributed by atoms with E-state index in [0.29, 0.717) is 0 Å². The van der Waals surface area contributed by atoms with Crippen LogP contribution < -0.4 is 0 Å². The summed E-state index contributed by atoms with van der Waals surface area (Å²) < 4.78 is 11.3. The molecule has 64 valence electrons. The maximum Gasteiger partial charge on any atom is 0.314 e. The first-order chi connectivity index (χ1) is 4.89. The van der Waals surface area contributed by atoms with Crippen molar-refractivity contribution in [1.29, 1.82) is 0 Å². The highest BCUT2D eigenvalue weighted by atomic mass is 31.2. The van der Waals surface area contributed by atoms with Gasteiger partial charge in [-0.1, -0.05) is 6.08 Å². The van der Waals surface area contributed by atoms with Crippen LogP contribution in [0, 0.1) is 0 Å². The van der Waals surface area contributed by atoms with Gasteiger partial charge in [-0.3, -0.25) is 4.79 Å². The van der Waals surface area contributed by atoms with Crippen LogP contribution in [0.4, 0.5) is 0 Å². The molecule has 11 heavy (non-hydrogen) atoms. The van der Waals surface area contributed by atoms with Crippen molar-refractivity contribution in [2.75, 3.05) is 13.3 Å². The molecule has 0 spiro atoms. The predicted octanol–water partition coefficient (Wildman–Crippen LogP) is 1.64. The second kappa shape index (κ2) is 3.72. The minimum atomic E-state index is -2.52. The third kappa shape index (κ3) is 3.38. The van der Waals surface area contributed by atoms with Crippen molar-refractivity contribution in [1.82, 2.24) is 0 Å². The van der Waals surface area contributed by atoms with Crippen LogP contribution in [0.25, 0.3) is 0 Å². The van der Waals surface area contributed by atoms with Crippen LogP contribution in [-0.4, -0.2) is 30.1 Å². The van der Waals surface area contributed by atoms with E-state index in [1.165, 1.54) is 19.4 Å². The van der Waals surface area contributed by atoms with Crippen molar-refractivity contribution in [2.24, 2.45) is 0 Å². The summed E-state index contributed by atoms with van der Waals surface area (Å²) in [4.78, 5) is 10.5. The molecule has 4 heteroatoms. The lowest BCUT2D eigenvalue weighted by Crippen LogP contribution is -2.18. The molecule has 0 aliphatic heterocycles. The molecule has 0 aliphatic rings. The van der Waals surface area contributed by atoms with Gasteiger partial charge in [-0.25, -0.2) is 0 Å². The zero-order valence-corrected chi connectivity index (χ0v) is 7.67. The molecule has 1 N–H and O–H groups in total. The fraction of sp³-hybridized carbons (Fsp3) is 0.571. The number of hydrogen-bond donors (Lipinski definition) is 1. The average Bonchev–Trinajstić information content (AvgIpc) is 1.79. The van der Waals surface area contributed by atoms with Crippen LogP contribution in [0.3, 0.4) is 0 Å². The third-order valence-corrected chi connectivity index (χ3v) is 3.36. The topological polar surface area (TPSA) is 54.4 Å². The lowest BCUT2D eigenvalue weighted by Gasteiger charge is -2.14. The third-order valence-electron chi connectivity index (χ3n) is 1.43. The molecule has 0 aromatic heterocycles. The van der Waals surface area contributed by atoms with Gasteiger partial charge in [0, 0.05) is 0 Å². The average molecular weight is 176 g/mol. The molecule has 0 radical (unpaired) electrons. The van der Waals surface area contributed by atoms with Gasteiger partial charge in [0.1, 0.15) is 5.66 Å². The van der Waals surface area contributed by atoms with Crippen LogP contribution in [0.2, 0.25) is 0 Å². The lowest BCUT2D eigenvalue weighted by molar-refractivity contribution is -0.136. The second-order valence-corrected chi connectivity index (χ2v) is 6.30. The van der Waals surface area contributed by atoms with E-state index < -0.39 is 18.8 Å². The highest BCUT2D eigenvalue weighted by Crippen LogP contribution is 2.44.